The van der Waals surface area contributed by atoms with Crippen LogP contribution >= 0.6 is 0 Å². The van der Waals surface area contributed by atoms with Crippen LogP contribution in [-0.2, 0) is 4.79 Å². The minimum atomic E-state index is -0.740. The number of rotatable bonds is 5. The van der Waals surface area contributed by atoms with Gasteiger partial charge in [-0.05, 0) is 30.3 Å². The molecule has 0 saturated carbocycles. The molecular weight excluding hydrogens is 311 g/mol. The first-order valence-electron chi connectivity index (χ1n) is 7.82. The number of benzene rings is 2. The van der Waals surface area contributed by atoms with E-state index in [4.69, 9.17) is 4.74 Å². The van der Waals surface area contributed by atoms with Gasteiger partial charge in [0.1, 0.15) is 24.3 Å². The van der Waals surface area contributed by atoms with Gasteiger partial charge in [-0.25, -0.2) is 4.39 Å². The Morgan fingerprint density at radius 2 is 2.04 bits per heavy atom. The highest BCUT2D eigenvalue weighted by molar-refractivity contribution is 5.96. The van der Waals surface area contributed by atoms with Crippen molar-refractivity contribution in [3.05, 3.63) is 54.3 Å². The number of ether oxygens (including phenoxy) is 1. The summed E-state index contributed by atoms with van der Waals surface area (Å²) in [7, 11) is 0. The summed E-state index contributed by atoms with van der Waals surface area (Å²) in [5, 5.41) is 12.9. The van der Waals surface area contributed by atoms with E-state index < -0.39 is 11.9 Å². The molecule has 1 unspecified atom stereocenters. The van der Waals surface area contributed by atoms with Crippen LogP contribution < -0.4 is 15.0 Å². The molecule has 2 aromatic carbocycles. The van der Waals surface area contributed by atoms with Crippen LogP contribution in [0.5, 0.6) is 5.75 Å². The number of nitrogens with one attached hydrogen (secondary N) is 1. The topological polar surface area (TPSA) is 61.8 Å². The second kappa shape index (κ2) is 7.31. The molecule has 0 aliphatic carbocycles. The van der Waals surface area contributed by atoms with Gasteiger partial charge in [0.05, 0.1) is 11.4 Å². The molecule has 0 spiro atoms. The summed E-state index contributed by atoms with van der Waals surface area (Å²) in [6.45, 7) is 0.881. The monoisotopic (exact) mass is 330 g/mol. The van der Waals surface area contributed by atoms with Crippen LogP contribution in [0, 0.1) is 5.82 Å². The second-order valence-electron chi connectivity index (χ2n) is 5.68. The third kappa shape index (κ3) is 4.02. The Hall–Kier alpha value is -2.60. The van der Waals surface area contributed by atoms with Crippen molar-refractivity contribution in [3.63, 3.8) is 0 Å². The number of β-amino-alcohol motifs (C(OH)–C–C–N with tert-alkyl or cyclic N) is 1. The molecular formula is C18H19FN2O3. The number of aliphatic hydroxyl groups is 1. The molecule has 0 aromatic heterocycles. The first-order valence-corrected chi connectivity index (χ1v) is 7.82. The molecule has 5 nitrogen and oxygen atoms in total. The van der Waals surface area contributed by atoms with Crippen molar-refractivity contribution >= 4 is 17.3 Å². The van der Waals surface area contributed by atoms with Gasteiger partial charge in [0.15, 0.2) is 0 Å². The van der Waals surface area contributed by atoms with Crippen LogP contribution in [0.15, 0.2) is 48.5 Å². The van der Waals surface area contributed by atoms with Crippen LogP contribution in [0.4, 0.5) is 15.8 Å². The minimum absolute atomic E-state index is 0.137. The zero-order chi connectivity index (χ0) is 16.9. The van der Waals surface area contributed by atoms with Gasteiger partial charge in [0.2, 0.25) is 5.91 Å². The summed E-state index contributed by atoms with van der Waals surface area (Å²) in [4.78, 5) is 13.6. The minimum Gasteiger partial charge on any atom is -0.491 e. The van der Waals surface area contributed by atoms with E-state index in [1.807, 2.05) is 35.2 Å². The largest absolute Gasteiger partial charge is 0.491 e. The van der Waals surface area contributed by atoms with Crippen LogP contribution in [0.1, 0.15) is 6.42 Å². The summed E-state index contributed by atoms with van der Waals surface area (Å²) >= 11 is 0. The summed E-state index contributed by atoms with van der Waals surface area (Å²) in [5.41, 5.74) is 1.12. The highest BCUT2D eigenvalue weighted by Gasteiger charge is 2.21. The van der Waals surface area contributed by atoms with E-state index in [2.05, 4.69) is 5.32 Å². The first kappa shape index (κ1) is 16.3. The molecule has 0 fully saturated rings. The highest BCUT2D eigenvalue weighted by atomic mass is 19.1. The number of halogens is 1. The quantitative estimate of drug-likeness (QED) is 0.884. The molecule has 2 N–H and O–H groups in total. The van der Waals surface area contributed by atoms with Crippen LogP contribution in [0.25, 0.3) is 0 Å². The van der Waals surface area contributed by atoms with Crippen molar-refractivity contribution in [2.24, 2.45) is 0 Å². The average molecular weight is 330 g/mol. The lowest BCUT2D eigenvalue weighted by molar-refractivity contribution is -0.116. The molecule has 0 radical (unpaired) electrons. The Bertz CT molecular complexity index is 709. The zero-order valence-electron chi connectivity index (χ0n) is 13.1. The van der Waals surface area contributed by atoms with Crippen LogP contribution in [0.2, 0.25) is 0 Å². The molecule has 24 heavy (non-hydrogen) atoms. The Balaban J connectivity index is 1.67. The molecule has 1 heterocycles. The number of carbonyl (C=O) groups excluding carboxylic acids is 1. The van der Waals surface area contributed by atoms with E-state index in [-0.39, 0.29) is 18.9 Å². The Morgan fingerprint density at radius 3 is 2.83 bits per heavy atom. The van der Waals surface area contributed by atoms with Crippen molar-refractivity contribution in [2.45, 2.75) is 12.5 Å². The van der Waals surface area contributed by atoms with Crippen molar-refractivity contribution in [2.75, 3.05) is 29.9 Å². The fourth-order valence-corrected chi connectivity index (χ4v) is 2.66. The van der Waals surface area contributed by atoms with Gasteiger partial charge in [0.25, 0.3) is 0 Å². The van der Waals surface area contributed by atoms with Gasteiger partial charge in [-0.15, -0.1) is 0 Å². The van der Waals surface area contributed by atoms with Crippen LogP contribution in [-0.4, -0.2) is 36.8 Å². The first-order chi connectivity index (χ1) is 11.6. The number of aliphatic hydroxyl groups excluding tert-OH is 1. The van der Waals surface area contributed by atoms with Gasteiger partial charge in [0, 0.05) is 19.5 Å². The predicted octanol–water partition coefficient (Wildman–Crippen LogP) is 2.41. The Kier molecular flexibility index (Phi) is 4.96. The van der Waals surface area contributed by atoms with Crippen LogP contribution in [0.3, 0.4) is 0 Å². The second-order valence-corrected chi connectivity index (χ2v) is 5.68. The zero-order valence-corrected chi connectivity index (χ0v) is 13.1. The van der Waals surface area contributed by atoms with E-state index in [0.717, 1.165) is 0 Å². The molecule has 3 rings (SSSR count). The molecule has 1 atom stereocenters. The maximum absolute atomic E-state index is 13.4. The van der Waals surface area contributed by atoms with Gasteiger partial charge in [-0.2, -0.15) is 0 Å². The van der Waals surface area contributed by atoms with E-state index in [1.54, 1.807) is 6.07 Å². The number of anilines is 2. The normalized spacial score (nSPS) is 15.2. The number of hydrogen-bond acceptors (Lipinski definition) is 4. The lowest BCUT2D eigenvalue weighted by Crippen LogP contribution is -2.36. The third-order valence-electron chi connectivity index (χ3n) is 3.80. The van der Waals surface area contributed by atoms with Crippen molar-refractivity contribution in [3.8, 4) is 5.75 Å². The van der Waals surface area contributed by atoms with E-state index >= 15 is 0 Å². The van der Waals surface area contributed by atoms with E-state index in [0.29, 0.717) is 30.2 Å². The molecule has 6 heteroatoms. The summed E-state index contributed by atoms with van der Waals surface area (Å²) < 4.78 is 19.0. The smallest absolute Gasteiger partial charge is 0.226 e. The number of nitrogens with zero attached hydrogens (tertiary/aromatic N) is 1. The van der Waals surface area contributed by atoms with Crippen molar-refractivity contribution < 1.29 is 19.0 Å². The Morgan fingerprint density at radius 1 is 1.25 bits per heavy atom. The number of carbonyl (C=O) groups is 1. The van der Waals surface area contributed by atoms with Gasteiger partial charge < -0.3 is 20.1 Å². The molecule has 1 amide bonds. The summed E-state index contributed by atoms with van der Waals surface area (Å²) in [6.07, 6.45) is -0.459. The molecule has 126 valence electrons. The maximum atomic E-state index is 13.4. The SMILES string of the molecule is O=C1CCN(CC(O)COc2ccccc2)c2ccc(F)cc2N1. The van der Waals surface area contributed by atoms with Gasteiger partial charge in [-0.1, -0.05) is 18.2 Å². The summed E-state index contributed by atoms with van der Waals surface area (Å²) in [5.74, 6) is 0.106. The molecule has 0 saturated heterocycles. The standard InChI is InChI=1S/C18H19FN2O3/c19-13-6-7-17-16(10-13)20-18(23)8-9-21(17)11-14(22)12-24-15-4-2-1-3-5-15/h1-7,10,14,22H,8-9,11-12H2,(H,20,23). The average Bonchev–Trinajstić information content (AvgIpc) is 2.72. The fourth-order valence-electron chi connectivity index (χ4n) is 2.66. The number of fused-ring (bicyclic) bond motifs is 1. The van der Waals surface area contributed by atoms with E-state index in [1.165, 1.54) is 12.1 Å². The van der Waals surface area contributed by atoms with Gasteiger partial charge in [-0.3, -0.25) is 4.79 Å². The summed E-state index contributed by atoms with van der Waals surface area (Å²) in [6, 6.07) is 13.5. The van der Waals surface area contributed by atoms with E-state index in [9.17, 15) is 14.3 Å². The molecule has 1 aliphatic rings. The van der Waals surface area contributed by atoms with Crippen molar-refractivity contribution in [1.29, 1.82) is 0 Å². The lowest BCUT2D eigenvalue weighted by atomic mass is 10.2. The number of amides is 1. The third-order valence-corrected chi connectivity index (χ3v) is 3.80. The molecule has 1 aliphatic heterocycles. The molecule has 0 bridgehead atoms. The Labute approximate surface area is 139 Å². The lowest BCUT2D eigenvalue weighted by Gasteiger charge is -2.26. The molecule has 2 aromatic rings. The fraction of sp³-hybridized carbons (Fsp3) is 0.278. The number of hydrogen-bond donors (Lipinski definition) is 2. The number of para-hydroxylation sites is 1. The highest BCUT2D eigenvalue weighted by Crippen LogP contribution is 2.29. The van der Waals surface area contributed by atoms with Gasteiger partial charge >= 0.3 is 0 Å². The van der Waals surface area contributed by atoms with Crippen molar-refractivity contribution in [1.82, 2.24) is 0 Å². The predicted molar refractivity (Wildman–Crippen MR) is 89.8 cm³/mol. The maximum Gasteiger partial charge on any atom is 0.226 e.